The first-order valence-corrected chi connectivity index (χ1v) is 10.4. The number of carbonyl (C=O) groups excluding carboxylic acids is 1. The van der Waals surface area contributed by atoms with E-state index in [1.165, 1.54) is 24.8 Å². The van der Waals surface area contributed by atoms with E-state index >= 15 is 0 Å². The van der Waals surface area contributed by atoms with Gasteiger partial charge in [0.1, 0.15) is 0 Å². The van der Waals surface area contributed by atoms with Gasteiger partial charge in [-0.05, 0) is 56.4 Å². The van der Waals surface area contributed by atoms with Crippen molar-refractivity contribution in [1.29, 1.82) is 0 Å². The Morgan fingerprint density at radius 3 is 2.16 bits per heavy atom. The lowest BCUT2D eigenvalue weighted by Crippen LogP contribution is -2.16. The van der Waals surface area contributed by atoms with Gasteiger partial charge in [-0.25, -0.2) is 8.42 Å². The summed E-state index contributed by atoms with van der Waals surface area (Å²) < 4.78 is 28.3. The summed E-state index contributed by atoms with van der Waals surface area (Å²) in [5, 5.41) is 2.68. The fourth-order valence-corrected chi connectivity index (χ4v) is 4.44. The highest BCUT2D eigenvalue weighted by molar-refractivity contribution is 7.98. The molecule has 0 bridgehead atoms. The first-order valence-electron chi connectivity index (χ1n) is 7.70. The number of hydrogen-bond donors (Lipinski definition) is 2. The third kappa shape index (κ3) is 4.55. The van der Waals surface area contributed by atoms with Crippen molar-refractivity contribution in [1.82, 2.24) is 0 Å². The van der Waals surface area contributed by atoms with E-state index in [1.807, 2.05) is 39.2 Å². The Kier molecular flexibility index (Phi) is 5.80. The largest absolute Gasteiger partial charge is 0.325 e. The summed E-state index contributed by atoms with van der Waals surface area (Å²) in [6.07, 6.45) is 1.87. The number of thioether (sulfide) groups is 1. The second-order valence-corrected chi connectivity index (χ2v) is 8.45. The van der Waals surface area contributed by atoms with Gasteiger partial charge in [0.05, 0.1) is 16.3 Å². The highest BCUT2D eigenvalue weighted by Gasteiger charge is 2.19. The number of benzene rings is 2. The molecule has 0 spiro atoms. The van der Waals surface area contributed by atoms with Crippen molar-refractivity contribution < 1.29 is 13.2 Å². The molecule has 2 aromatic carbocycles. The molecule has 0 saturated heterocycles. The summed E-state index contributed by atoms with van der Waals surface area (Å²) in [7, 11) is -3.77. The van der Waals surface area contributed by atoms with Gasteiger partial charge in [0.2, 0.25) is 5.91 Å². The smallest absolute Gasteiger partial charge is 0.261 e. The van der Waals surface area contributed by atoms with Gasteiger partial charge < -0.3 is 5.32 Å². The van der Waals surface area contributed by atoms with Gasteiger partial charge in [0.15, 0.2) is 0 Å². The second-order valence-electron chi connectivity index (χ2n) is 5.92. The van der Waals surface area contributed by atoms with Crippen molar-refractivity contribution in [3.8, 4) is 0 Å². The molecule has 5 nitrogen and oxygen atoms in total. The van der Waals surface area contributed by atoms with Crippen LogP contribution in [0, 0.1) is 20.8 Å². The molecule has 0 fully saturated rings. The van der Waals surface area contributed by atoms with E-state index in [0.29, 0.717) is 11.4 Å². The van der Waals surface area contributed by atoms with Gasteiger partial charge in [0, 0.05) is 11.8 Å². The summed E-state index contributed by atoms with van der Waals surface area (Å²) in [4.78, 5) is 12.3. The maximum atomic E-state index is 12.8. The summed E-state index contributed by atoms with van der Waals surface area (Å²) in [5.74, 6) is -0.247. The molecule has 134 valence electrons. The Balaban J connectivity index is 2.45. The second kappa shape index (κ2) is 7.49. The zero-order valence-electron chi connectivity index (χ0n) is 14.9. The van der Waals surface area contributed by atoms with Crippen LogP contribution in [-0.2, 0) is 14.8 Å². The lowest BCUT2D eigenvalue weighted by molar-refractivity contribution is -0.114. The zero-order valence-corrected chi connectivity index (χ0v) is 16.6. The predicted molar refractivity (Wildman–Crippen MR) is 104 cm³/mol. The molecule has 25 heavy (non-hydrogen) atoms. The third-order valence-corrected chi connectivity index (χ3v) is 5.85. The summed E-state index contributed by atoms with van der Waals surface area (Å²) in [6.45, 7) is 7.11. The van der Waals surface area contributed by atoms with E-state index in [2.05, 4.69) is 10.0 Å². The van der Waals surface area contributed by atoms with Gasteiger partial charge in [-0.2, -0.15) is 0 Å². The lowest BCUT2D eigenvalue weighted by atomic mass is 10.1. The molecule has 0 heterocycles. The van der Waals surface area contributed by atoms with E-state index in [9.17, 15) is 13.2 Å². The minimum absolute atomic E-state index is 0.105. The monoisotopic (exact) mass is 378 g/mol. The van der Waals surface area contributed by atoms with Crippen LogP contribution in [0.4, 0.5) is 11.4 Å². The normalized spacial score (nSPS) is 11.2. The van der Waals surface area contributed by atoms with Crippen molar-refractivity contribution in [2.24, 2.45) is 0 Å². The number of nitrogens with one attached hydrogen (secondary N) is 2. The standard InChI is InChI=1S/C18H22N2O3S2/c1-11-8-12(2)18(13(3)9-11)20-25(22,23)15-6-7-17(24-5)16(10-15)19-14(4)21/h6-10,20H,1-5H3,(H,19,21). The van der Waals surface area contributed by atoms with Crippen LogP contribution >= 0.6 is 11.8 Å². The number of amides is 1. The van der Waals surface area contributed by atoms with Gasteiger partial charge in [-0.3, -0.25) is 9.52 Å². The van der Waals surface area contributed by atoms with Crippen molar-refractivity contribution in [3.05, 3.63) is 47.0 Å². The third-order valence-electron chi connectivity index (χ3n) is 3.71. The molecule has 0 aromatic heterocycles. The SMILES string of the molecule is CSc1ccc(S(=O)(=O)Nc2c(C)cc(C)cc2C)cc1NC(C)=O. The molecule has 0 saturated carbocycles. The topological polar surface area (TPSA) is 75.3 Å². The number of aryl methyl sites for hydroxylation is 3. The Labute approximate surface area is 153 Å². The van der Waals surface area contributed by atoms with Gasteiger partial charge in [-0.1, -0.05) is 17.7 Å². The predicted octanol–water partition coefficient (Wildman–Crippen LogP) is 4.09. The fraction of sp³-hybridized carbons (Fsp3) is 0.278. The first-order chi connectivity index (χ1) is 11.6. The van der Waals surface area contributed by atoms with Crippen LogP contribution in [0.15, 0.2) is 40.1 Å². The zero-order chi connectivity index (χ0) is 18.8. The molecule has 2 rings (SSSR count). The summed E-state index contributed by atoms with van der Waals surface area (Å²) in [6, 6.07) is 8.58. The van der Waals surface area contributed by atoms with E-state index in [1.54, 1.807) is 12.1 Å². The maximum Gasteiger partial charge on any atom is 0.261 e. The molecule has 0 unspecified atom stereocenters. The van der Waals surface area contributed by atoms with Crippen molar-refractivity contribution in [2.75, 3.05) is 16.3 Å². The van der Waals surface area contributed by atoms with E-state index in [-0.39, 0.29) is 10.8 Å². The lowest BCUT2D eigenvalue weighted by Gasteiger charge is -2.16. The molecule has 0 atom stereocenters. The first kappa shape index (κ1) is 19.3. The maximum absolute atomic E-state index is 12.8. The summed E-state index contributed by atoms with van der Waals surface area (Å²) in [5.41, 5.74) is 3.88. The molecule has 0 aliphatic rings. The number of sulfonamides is 1. The molecular weight excluding hydrogens is 356 g/mol. The molecule has 0 radical (unpaired) electrons. The van der Waals surface area contributed by atoms with Crippen LogP contribution in [0.1, 0.15) is 23.6 Å². The van der Waals surface area contributed by atoms with Gasteiger partial charge in [-0.15, -0.1) is 11.8 Å². The minimum atomic E-state index is -3.77. The quantitative estimate of drug-likeness (QED) is 0.768. The number of rotatable bonds is 5. The Morgan fingerprint density at radius 2 is 1.64 bits per heavy atom. The molecular formula is C18H22N2O3S2. The Hall–Kier alpha value is -1.99. The molecule has 2 aromatic rings. The number of anilines is 2. The van der Waals surface area contributed by atoms with Crippen LogP contribution in [0.25, 0.3) is 0 Å². The van der Waals surface area contributed by atoms with Crippen molar-refractivity contribution in [3.63, 3.8) is 0 Å². The molecule has 0 aliphatic heterocycles. The molecule has 7 heteroatoms. The molecule has 0 aliphatic carbocycles. The Bertz CT molecular complexity index is 899. The molecule has 2 N–H and O–H groups in total. The average Bonchev–Trinajstić information content (AvgIpc) is 2.50. The van der Waals surface area contributed by atoms with Crippen LogP contribution in [0.2, 0.25) is 0 Å². The summed E-state index contributed by atoms with van der Waals surface area (Å²) >= 11 is 1.44. The number of carbonyl (C=O) groups is 1. The van der Waals surface area contributed by atoms with Crippen molar-refractivity contribution in [2.45, 2.75) is 37.5 Å². The van der Waals surface area contributed by atoms with Crippen molar-refractivity contribution >= 4 is 39.1 Å². The van der Waals surface area contributed by atoms with E-state index < -0.39 is 10.0 Å². The van der Waals surface area contributed by atoms with Crippen LogP contribution in [0.3, 0.4) is 0 Å². The Morgan fingerprint density at radius 1 is 1.04 bits per heavy atom. The molecule has 1 amide bonds. The van der Waals surface area contributed by atoms with Crippen LogP contribution < -0.4 is 10.0 Å². The van der Waals surface area contributed by atoms with Gasteiger partial charge >= 0.3 is 0 Å². The minimum Gasteiger partial charge on any atom is -0.325 e. The van der Waals surface area contributed by atoms with Gasteiger partial charge in [0.25, 0.3) is 10.0 Å². The number of hydrogen-bond acceptors (Lipinski definition) is 4. The highest BCUT2D eigenvalue weighted by Crippen LogP contribution is 2.30. The van der Waals surface area contributed by atoms with E-state index in [0.717, 1.165) is 21.6 Å². The fourth-order valence-electron chi connectivity index (χ4n) is 2.68. The van der Waals surface area contributed by atoms with Crippen LogP contribution in [-0.4, -0.2) is 20.6 Å². The van der Waals surface area contributed by atoms with Crippen LogP contribution in [0.5, 0.6) is 0 Å². The average molecular weight is 379 g/mol. The highest BCUT2D eigenvalue weighted by atomic mass is 32.2. The van der Waals surface area contributed by atoms with E-state index in [4.69, 9.17) is 0 Å².